The molecule has 3 nitrogen and oxygen atoms in total. The van der Waals surface area contributed by atoms with E-state index in [9.17, 15) is 18.0 Å². The molecule has 0 aliphatic heterocycles. The van der Waals surface area contributed by atoms with Crippen LogP contribution >= 0.6 is 11.8 Å². The molecular weight excluding hydrogens is 269 g/mol. The largest absolute Gasteiger partial charge is 0.478 e. The topological polar surface area (TPSA) is 46.5 Å². The lowest BCUT2D eigenvalue weighted by Gasteiger charge is -2.14. The Morgan fingerprint density at radius 3 is 2.67 bits per heavy atom. The number of carbonyl (C=O) groups is 1. The van der Waals surface area contributed by atoms with Gasteiger partial charge in [0.1, 0.15) is 0 Å². The maximum absolute atomic E-state index is 12.6. The van der Waals surface area contributed by atoms with Crippen LogP contribution in [0.25, 0.3) is 0 Å². The van der Waals surface area contributed by atoms with Crippen molar-refractivity contribution in [3.05, 3.63) is 29.3 Å². The molecule has 1 aromatic rings. The summed E-state index contributed by atoms with van der Waals surface area (Å²) < 4.78 is 41.2. The smallest absolute Gasteiger partial charge is 0.384 e. The van der Waals surface area contributed by atoms with Crippen molar-refractivity contribution in [2.45, 2.75) is 17.6 Å². The predicted molar refractivity (Wildman–Crippen MR) is 60.9 cm³/mol. The van der Waals surface area contributed by atoms with Crippen LogP contribution in [0.5, 0.6) is 0 Å². The van der Waals surface area contributed by atoms with E-state index in [0.717, 1.165) is 0 Å². The first-order valence-electron chi connectivity index (χ1n) is 4.87. The van der Waals surface area contributed by atoms with Crippen LogP contribution in [0, 0.1) is 0 Å². The molecule has 100 valence electrons. The summed E-state index contributed by atoms with van der Waals surface area (Å²) in [6.07, 6.45) is -2.14. The number of alkyl halides is 3. The van der Waals surface area contributed by atoms with Crippen molar-refractivity contribution < 1.29 is 27.8 Å². The van der Waals surface area contributed by atoms with Crippen molar-refractivity contribution in [3.63, 3.8) is 0 Å². The molecule has 1 rings (SSSR count). The Balaban J connectivity index is 2.94. The molecule has 18 heavy (non-hydrogen) atoms. The molecule has 0 amide bonds. The molecule has 7 heteroatoms. The Kier molecular flexibility index (Phi) is 5.03. The van der Waals surface area contributed by atoms with Gasteiger partial charge in [-0.15, -0.1) is 11.8 Å². The molecule has 1 N–H and O–H groups in total. The molecule has 0 atom stereocenters. The van der Waals surface area contributed by atoms with Crippen LogP contribution in [0.15, 0.2) is 23.1 Å². The van der Waals surface area contributed by atoms with Gasteiger partial charge in [-0.3, -0.25) is 0 Å². The van der Waals surface area contributed by atoms with E-state index in [1.54, 1.807) is 12.3 Å². The zero-order chi connectivity index (χ0) is 13.8. The van der Waals surface area contributed by atoms with Crippen molar-refractivity contribution in [3.8, 4) is 0 Å². The van der Waals surface area contributed by atoms with E-state index in [1.165, 1.54) is 23.9 Å². The molecule has 0 bridgehead atoms. The first-order valence-corrected chi connectivity index (χ1v) is 6.10. The van der Waals surface area contributed by atoms with Gasteiger partial charge >= 0.3 is 12.1 Å². The van der Waals surface area contributed by atoms with Gasteiger partial charge in [-0.1, -0.05) is 0 Å². The van der Waals surface area contributed by atoms with Crippen LogP contribution in [-0.4, -0.2) is 30.1 Å². The summed E-state index contributed by atoms with van der Waals surface area (Å²) in [4.78, 5) is 11.6. The average Bonchev–Trinajstić information content (AvgIpc) is 2.36. The Bertz CT molecular complexity index is 438. The van der Waals surface area contributed by atoms with Crippen molar-refractivity contribution in [2.75, 3.05) is 12.9 Å². The SMILES string of the molecule is CSc1ccc(C(=O)O)c(COC(F)(F)CF)c1. The summed E-state index contributed by atoms with van der Waals surface area (Å²) in [7, 11) is 0. The Labute approximate surface area is 106 Å². The summed E-state index contributed by atoms with van der Waals surface area (Å²) in [5.41, 5.74) is -0.0510. The number of carboxylic acid groups (broad SMARTS) is 1. The molecule has 0 aliphatic carbocycles. The third kappa shape index (κ3) is 3.92. The van der Waals surface area contributed by atoms with Gasteiger partial charge in [0.05, 0.1) is 12.2 Å². The lowest BCUT2D eigenvalue weighted by Crippen LogP contribution is -2.23. The molecule has 0 radical (unpaired) electrons. The Morgan fingerprint density at radius 2 is 2.17 bits per heavy atom. The number of aromatic carboxylic acids is 1. The second-order valence-corrected chi connectivity index (χ2v) is 4.27. The molecule has 0 aromatic heterocycles. The molecule has 0 spiro atoms. The summed E-state index contributed by atoms with van der Waals surface area (Å²) in [5, 5.41) is 8.89. The quantitative estimate of drug-likeness (QED) is 0.813. The zero-order valence-corrected chi connectivity index (χ0v) is 10.3. The number of hydrogen-bond acceptors (Lipinski definition) is 3. The number of hydrogen-bond donors (Lipinski definition) is 1. The van der Waals surface area contributed by atoms with Gasteiger partial charge in [0.25, 0.3) is 0 Å². The minimum Gasteiger partial charge on any atom is -0.478 e. The second-order valence-electron chi connectivity index (χ2n) is 3.39. The van der Waals surface area contributed by atoms with E-state index in [2.05, 4.69) is 4.74 Å². The zero-order valence-electron chi connectivity index (χ0n) is 9.45. The number of ether oxygens (including phenoxy) is 1. The summed E-state index contributed by atoms with van der Waals surface area (Å²) in [5.74, 6) is -1.25. The van der Waals surface area contributed by atoms with Gasteiger partial charge in [0.2, 0.25) is 0 Å². The van der Waals surface area contributed by atoms with E-state index in [0.29, 0.717) is 4.90 Å². The highest BCUT2D eigenvalue weighted by atomic mass is 32.2. The summed E-state index contributed by atoms with van der Waals surface area (Å²) in [6.45, 7) is -2.61. The van der Waals surface area contributed by atoms with Gasteiger partial charge < -0.3 is 9.84 Å². The lowest BCUT2D eigenvalue weighted by atomic mass is 10.1. The van der Waals surface area contributed by atoms with Gasteiger partial charge in [-0.25, -0.2) is 9.18 Å². The molecular formula is C11H11F3O3S. The fraction of sp³-hybridized carbons (Fsp3) is 0.364. The summed E-state index contributed by atoms with van der Waals surface area (Å²) in [6, 6.07) is 4.30. The highest BCUT2D eigenvalue weighted by Gasteiger charge is 2.30. The predicted octanol–water partition coefficient (Wildman–Crippen LogP) is 3.19. The minimum atomic E-state index is -3.90. The molecule has 0 unspecified atom stereocenters. The summed E-state index contributed by atoms with van der Waals surface area (Å²) >= 11 is 1.33. The number of carboxylic acids is 1. The van der Waals surface area contributed by atoms with Crippen LogP contribution in [0.2, 0.25) is 0 Å². The van der Waals surface area contributed by atoms with Gasteiger partial charge in [-0.2, -0.15) is 8.78 Å². The number of rotatable bonds is 6. The van der Waals surface area contributed by atoms with Crippen molar-refractivity contribution in [1.29, 1.82) is 0 Å². The lowest BCUT2D eigenvalue weighted by molar-refractivity contribution is -0.252. The van der Waals surface area contributed by atoms with Gasteiger partial charge in [0.15, 0.2) is 6.67 Å². The van der Waals surface area contributed by atoms with E-state index < -0.39 is 25.4 Å². The Hall–Kier alpha value is -1.21. The number of thioether (sulfide) groups is 1. The van der Waals surface area contributed by atoms with E-state index in [-0.39, 0.29) is 11.1 Å². The van der Waals surface area contributed by atoms with Crippen LogP contribution in [0.4, 0.5) is 13.2 Å². The average molecular weight is 280 g/mol. The first-order chi connectivity index (χ1) is 8.39. The number of benzene rings is 1. The van der Waals surface area contributed by atoms with Gasteiger partial charge in [0, 0.05) is 4.90 Å². The van der Waals surface area contributed by atoms with Gasteiger partial charge in [-0.05, 0) is 30.0 Å². The third-order valence-electron chi connectivity index (χ3n) is 2.14. The third-order valence-corrected chi connectivity index (χ3v) is 2.86. The molecule has 0 fully saturated rings. The van der Waals surface area contributed by atoms with Crippen molar-refractivity contribution in [2.24, 2.45) is 0 Å². The maximum atomic E-state index is 12.6. The highest BCUT2D eigenvalue weighted by Crippen LogP contribution is 2.23. The van der Waals surface area contributed by atoms with Crippen molar-refractivity contribution in [1.82, 2.24) is 0 Å². The van der Waals surface area contributed by atoms with E-state index in [1.807, 2.05) is 0 Å². The van der Waals surface area contributed by atoms with Crippen LogP contribution in [0.1, 0.15) is 15.9 Å². The molecule has 0 heterocycles. The standard InChI is InChI=1S/C11H11F3O3S/c1-18-8-2-3-9(10(15)16)7(4-8)5-17-11(13,14)6-12/h2-4H,5-6H2,1H3,(H,15,16). The molecule has 1 aromatic carbocycles. The maximum Gasteiger partial charge on any atom is 0.384 e. The highest BCUT2D eigenvalue weighted by molar-refractivity contribution is 7.98. The molecule has 0 aliphatic rings. The monoisotopic (exact) mass is 280 g/mol. The first kappa shape index (κ1) is 14.8. The van der Waals surface area contributed by atoms with Crippen LogP contribution in [0.3, 0.4) is 0 Å². The molecule has 0 saturated carbocycles. The van der Waals surface area contributed by atoms with E-state index >= 15 is 0 Å². The fourth-order valence-electron chi connectivity index (χ4n) is 1.25. The fourth-order valence-corrected chi connectivity index (χ4v) is 1.71. The number of halogens is 3. The second kappa shape index (κ2) is 6.10. The molecule has 0 saturated heterocycles. The minimum absolute atomic E-state index is 0.0856. The normalized spacial score (nSPS) is 11.6. The van der Waals surface area contributed by atoms with Crippen LogP contribution in [-0.2, 0) is 11.3 Å². The van der Waals surface area contributed by atoms with Crippen molar-refractivity contribution >= 4 is 17.7 Å². The van der Waals surface area contributed by atoms with Crippen LogP contribution < -0.4 is 0 Å². The Morgan fingerprint density at radius 1 is 1.50 bits per heavy atom. The van der Waals surface area contributed by atoms with E-state index in [4.69, 9.17) is 5.11 Å².